The molecule has 0 saturated heterocycles. The number of nitrogens with zero attached hydrogens (tertiary/aromatic N) is 4. The summed E-state index contributed by atoms with van der Waals surface area (Å²) in [7, 11) is 0. The molecule has 0 aliphatic rings. The summed E-state index contributed by atoms with van der Waals surface area (Å²) in [5.41, 5.74) is 1.16. The number of hydrogen-bond acceptors (Lipinski definition) is 4. The fourth-order valence-corrected chi connectivity index (χ4v) is 1.89. The topological polar surface area (TPSA) is 96.2 Å². The second-order valence-electron chi connectivity index (χ2n) is 3.59. The molecule has 0 atom stereocenters. The second kappa shape index (κ2) is 3.81. The van der Waals surface area contributed by atoms with Gasteiger partial charge in [0.25, 0.3) is 0 Å². The normalized spacial score (nSPS) is 10.9. The number of H-pyrrole nitrogens is 1. The van der Waals surface area contributed by atoms with Gasteiger partial charge < -0.3 is 5.11 Å². The lowest BCUT2D eigenvalue weighted by molar-refractivity contribution is 0.0696. The first-order valence-electron chi connectivity index (χ1n) is 4.93. The van der Waals surface area contributed by atoms with Crippen LogP contribution in [0.5, 0.6) is 0 Å². The van der Waals surface area contributed by atoms with E-state index in [1.165, 1.54) is 16.7 Å². The van der Waals surface area contributed by atoms with E-state index in [1.807, 2.05) is 0 Å². The Morgan fingerprint density at radius 1 is 1.44 bits per heavy atom. The van der Waals surface area contributed by atoms with E-state index in [2.05, 4.69) is 20.4 Å². The predicted octanol–water partition coefficient (Wildman–Crippen LogP) is 1.47. The van der Waals surface area contributed by atoms with Crippen molar-refractivity contribution in [1.29, 1.82) is 0 Å². The molecule has 2 N–H and O–H groups in total. The molecule has 0 spiro atoms. The van der Waals surface area contributed by atoms with Crippen LogP contribution in [0, 0.1) is 0 Å². The Hall–Kier alpha value is -2.41. The van der Waals surface area contributed by atoms with Gasteiger partial charge in [-0.25, -0.2) is 4.79 Å². The number of rotatable bonds is 2. The number of carboxylic acids is 1. The second-order valence-corrected chi connectivity index (χ2v) is 3.99. The van der Waals surface area contributed by atoms with E-state index in [4.69, 9.17) is 16.7 Å². The molecule has 0 amide bonds. The molecule has 18 heavy (non-hydrogen) atoms. The molecule has 0 bridgehead atoms. The molecule has 0 fully saturated rings. The van der Waals surface area contributed by atoms with Crippen LogP contribution in [0.2, 0.25) is 5.02 Å². The largest absolute Gasteiger partial charge is 0.478 e. The molecule has 0 radical (unpaired) electrons. The molecule has 0 aliphatic carbocycles. The molecule has 0 unspecified atom stereocenters. The lowest BCUT2D eigenvalue weighted by atomic mass is 10.2. The van der Waals surface area contributed by atoms with Gasteiger partial charge in [-0.2, -0.15) is 5.10 Å². The number of aromatic amines is 1. The minimum absolute atomic E-state index is 0.0667. The van der Waals surface area contributed by atoms with Crippen molar-refractivity contribution in [3.8, 4) is 11.4 Å². The maximum Gasteiger partial charge on any atom is 0.337 e. The quantitative estimate of drug-likeness (QED) is 0.730. The van der Waals surface area contributed by atoms with Crippen molar-refractivity contribution in [1.82, 2.24) is 24.8 Å². The number of fused-ring (bicyclic) bond motifs is 1. The highest BCUT2D eigenvalue weighted by molar-refractivity contribution is 6.33. The molecule has 3 aromatic rings. The zero-order chi connectivity index (χ0) is 12.7. The van der Waals surface area contributed by atoms with Gasteiger partial charge in [-0.1, -0.05) is 11.6 Å². The Balaban J connectivity index is 2.32. The molecule has 0 aliphatic heterocycles. The summed E-state index contributed by atoms with van der Waals surface area (Å²) in [5, 5.41) is 23.6. The van der Waals surface area contributed by atoms with Gasteiger partial charge in [0.2, 0.25) is 0 Å². The van der Waals surface area contributed by atoms with E-state index >= 15 is 0 Å². The van der Waals surface area contributed by atoms with Crippen molar-refractivity contribution < 1.29 is 9.90 Å². The van der Waals surface area contributed by atoms with Gasteiger partial charge in [-0.15, -0.1) is 10.2 Å². The van der Waals surface area contributed by atoms with Crippen LogP contribution < -0.4 is 0 Å². The predicted molar refractivity (Wildman–Crippen MR) is 62.5 cm³/mol. The van der Waals surface area contributed by atoms with E-state index in [-0.39, 0.29) is 10.6 Å². The van der Waals surface area contributed by atoms with Crippen molar-refractivity contribution in [2.24, 2.45) is 0 Å². The van der Waals surface area contributed by atoms with Crippen LogP contribution in [0.3, 0.4) is 0 Å². The summed E-state index contributed by atoms with van der Waals surface area (Å²) < 4.78 is 1.52. The smallest absolute Gasteiger partial charge is 0.337 e. The average Bonchev–Trinajstić information content (AvgIpc) is 2.96. The molecule has 3 heterocycles. The Morgan fingerprint density at radius 2 is 2.28 bits per heavy atom. The minimum Gasteiger partial charge on any atom is -0.478 e. The SMILES string of the molecule is O=C(O)c1cc(Cl)c2nnc(-c3cn[nH]c3)n2c1. The molecule has 90 valence electrons. The van der Waals surface area contributed by atoms with E-state index in [0.717, 1.165) is 0 Å². The Bertz CT molecular complexity index is 734. The van der Waals surface area contributed by atoms with Crippen molar-refractivity contribution in [2.75, 3.05) is 0 Å². The van der Waals surface area contributed by atoms with Gasteiger partial charge >= 0.3 is 5.97 Å². The molecule has 0 saturated carbocycles. The van der Waals surface area contributed by atoms with Crippen LogP contribution in [0.1, 0.15) is 10.4 Å². The zero-order valence-electron chi connectivity index (χ0n) is 8.83. The monoisotopic (exact) mass is 263 g/mol. The summed E-state index contributed by atoms with van der Waals surface area (Å²) in [5.74, 6) is -0.589. The van der Waals surface area contributed by atoms with Gasteiger partial charge in [0, 0.05) is 12.4 Å². The number of carboxylic acid groups (broad SMARTS) is 1. The Kier molecular flexibility index (Phi) is 2.27. The summed E-state index contributed by atoms with van der Waals surface area (Å²) in [4.78, 5) is 11.0. The zero-order valence-corrected chi connectivity index (χ0v) is 9.59. The Labute approximate surface area is 105 Å². The summed E-state index contributed by atoms with van der Waals surface area (Å²) in [6, 6.07) is 1.34. The highest BCUT2D eigenvalue weighted by Crippen LogP contribution is 2.23. The van der Waals surface area contributed by atoms with Crippen molar-refractivity contribution in [3.63, 3.8) is 0 Å². The number of pyridine rings is 1. The van der Waals surface area contributed by atoms with Crippen molar-refractivity contribution >= 4 is 23.2 Å². The molecule has 8 heteroatoms. The average molecular weight is 264 g/mol. The number of halogens is 1. The van der Waals surface area contributed by atoms with Crippen LogP contribution in [-0.2, 0) is 0 Å². The van der Waals surface area contributed by atoms with Crippen molar-refractivity contribution in [3.05, 3.63) is 35.2 Å². The number of nitrogens with one attached hydrogen (secondary N) is 1. The first-order chi connectivity index (χ1) is 8.66. The first kappa shape index (κ1) is 10.7. The van der Waals surface area contributed by atoms with Gasteiger partial charge in [-0.3, -0.25) is 9.50 Å². The van der Waals surface area contributed by atoms with Crippen molar-refractivity contribution in [2.45, 2.75) is 0 Å². The van der Waals surface area contributed by atoms with Gasteiger partial charge in [0.1, 0.15) is 0 Å². The lowest BCUT2D eigenvalue weighted by Gasteiger charge is -2.01. The van der Waals surface area contributed by atoms with E-state index in [9.17, 15) is 4.79 Å². The third-order valence-electron chi connectivity index (χ3n) is 2.46. The molecule has 3 rings (SSSR count). The van der Waals surface area contributed by atoms with E-state index in [0.29, 0.717) is 17.0 Å². The fourth-order valence-electron chi connectivity index (χ4n) is 1.64. The van der Waals surface area contributed by atoms with Crippen LogP contribution in [-0.4, -0.2) is 35.9 Å². The van der Waals surface area contributed by atoms with E-state index in [1.54, 1.807) is 12.4 Å². The van der Waals surface area contributed by atoms with Gasteiger partial charge in [-0.05, 0) is 6.07 Å². The maximum atomic E-state index is 11.0. The number of aromatic carboxylic acids is 1. The van der Waals surface area contributed by atoms with Gasteiger partial charge in [0.05, 0.1) is 22.3 Å². The maximum absolute atomic E-state index is 11.0. The first-order valence-corrected chi connectivity index (χ1v) is 5.31. The third kappa shape index (κ3) is 1.52. The van der Waals surface area contributed by atoms with Crippen LogP contribution in [0.4, 0.5) is 0 Å². The van der Waals surface area contributed by atoms with E-state index < -0.39 is 5.97 Å². The van der Waals surface area contributed by atoms with Crippen LogP contribution >= 0.6 is 11.6 Å². The summed E-state index contributed by atoms with van der Waals surface area (Å²) in [6.45, 7) is 0. The third-order valence-corrected chi connectivity index (χ3v) is 2.74. The standard InChI is InChI=1S/C10H6ClN5O2/c11-7-1-5(10(17)18)4-16-8(14-15-9(7)16)6-2-12-13-3-6/h1-4H,(H,12,13)(H,17,18). The summed E-state index contributed by atoms with van der Waals surface area (Å²) in [6.07, 6.45) is 4.63. The summed E-state index contributed by atoms with van der Waals surface area (Å²) >= 11 is 5.97. The van der Waals surface area contributed by atoms with Crippen LogP contribution in [0.25, 0.3) is 17.0 Å². The lowest BCUT2D eigenvalue weighted by Crippen LogP contribution is -2.00. The highest BCUT2D eigenvalue weighted by atomic mass is 35.5. The number of hydrogen-bond donors (Lipinski definition) is 2. The highest BCUT2D eigenvalue weighted by Gasteiger charge is 2.14. The Morgan fingerprint density at radius 3 is 2.94 bits per heavy atom. The molecule has 0 aromatic carbocycles. The number of aromatic nitrogens is 5. The molecular weight excluding hydrogens is 258 g/mol. The van der Waals surface area contributed by atoms with Crippen LogP contribution in [0.15, 0.2) is 24.7 Å². The fraction of sp³-hybridized carbons (Fsp3) is 0. The molecule has 7 nitrogen and oxygen atoms in total. The van der Waals surface area contributed by atoms with Gasteiger partial charge in [0.15, 0.2) is 11.5 Å². The number of carbonyl (C=O) groups is 1. The molecular formula is C10H6ClN5O2. The molecule has 3 aromatic heterocycles. The minimum atomic E-state index is -1.06.